The highest BCUT2D eigenvalue weighted by Crippen LogP contribution is 2.23. The van der Waals surface area contributed by atoms with Gasteiger partial charge in [-0.25, -0.2) is 9.80 Å². The SMILES string of the molecule is COC(=O)CN(N1CCN(C2CCNCC2)CC1)N1CCCCC1=C=O.Cl.Cl. The van der Waals surface area contributed by atoms with Crippen molar-refractivity contribution in [2.45, 2.75) is 38.1 Å². The van der Waals surface area contributed by atoms with E-state index in [9.17, 15) is 9.59 Å². The molecule has 162 valence electrons. The van der Waals surface area contributed by atoms with Gasteiger partial charge >= 0.3 is 5.97 Å². The Morgan fingerprint density at radius 2 is 1.82 bits per heavy atom. The number of halogens is 2. The summed E-state index contributed by atoms with van der Waals surface area (Å²) >= 11 is 0. The number of esters is 1. The summed E-state index contributed by atoms with van der Waals surface area (Å²) in [4.78, 5) is 25.9. The summed E-state index contributed by atoms with van der Waals surface area (Å²) in [6.07, 6.45) is 5.14. The van der Waals surface area contributed by atoms with E-state index in [1.807, 2.05) is 10.1 Å². The van der Waals surface area contributed by atoms with Crippen LogP contribution in [-0.4, -0.2) is 97.5 Å². The van der Waals surface area contributed by atoms with Gasteiger partial charge in [-0.15, -0.1) is 29.9 Å². The molecule has 0 aromatic carbocycles. The first-order valence-electron chi connectivity index (χ1n) is 9.78. The quantitative estimate of drug-likeness (QED) is 0.497. The Bertz CT molecular complexity index is 533. The van der Waals surface area contributed by atoms with Crippen LogP contribution in [0.4, 0.5) is 0 Å². The van der Waals surface area contributed by atoms with E-state index in [1.54, 1.807) is 0 Å². The minimum atomic E-state index is -0.290. The molecule has 28 heavy (non-hydrogen) atoms. The smallest absolute Gasteiger partial charge is 0.323 e. The highest BCUT2D eigenvalue weighted by Gasteiger charge is 2.33. The lowest BCUT2D eigenvalue weighted by atomic mass is 10.0. The predicted octanol–water partition coefficient (Wildman–Crippen LogP) is 0.706. The van der Waals surface area contributed by atoms with Crippen molar-refractivity contribution >= 4 is 36.7 Å². The van der Waals surface area contributed by atoms with Crippen LogP contribution in [0.2, 0.25) is 0 Å². The maximum Gasteiger partial charge on any atom is 0.323 e. The number of nitrogens with one attached hydrogen (secondary N) is 1. The van der Waals surface area contributed by atoms with Crippen LogP contribution >= 0.6 is 24.8 Å². The van der Waals surface area contributed by atoms with Gasteiger partial charge in [-0.1, -0.05) is 0 Å². The first kappa shape index (κ1) is 25.2. The molecule has 3 aliphatic heterocycles. The number of hydrogen-bond donors (Lipinski definition) is 1. The number of carbonyl (C=O) groups excluding carboxylic acids is 2. The number of ether oxygens (including phenoxy) is 1. The Morgan fingerprint density at radius 3 is 2.43 bits per heavy atom. The van der Waals surface area contributed by atoms with Gasteiger partial charge < -0.3 is 10.1 Å². The van der Waals surface area contributed by atoms with E-state index in [0.717, 1.165) is 65.1 Å². The Balaban J connectivity index is 0.00000196. The van der Waals surface area contributed by atoms with Crippen LogP contribution in [0.5, 0.6) is 0 Å². The van der Waals surface area contributed by atoms with E-state index in [0.29, 0.717) is 11.7 Å². The molecule has 1 N–H and O–H groups in total. The minimum absolute atomic E-state index is 0. The molecule has 0 atom stereocenters. The Labute approximate surface area is 180 Å². The molecule has 0 bridgehead atoms. The van der Waals surface area contributed by atoms with Crippen molar-refractivity contribution < 1.29 is 14.3 Å². The van der Waals surface area contributed by atoms with Gasteiger partial charge in [0.2, 0.25) is 0 Å². The van der Waals surface area contributed by atoms with Gasteiger partial charge in [0.1, 0.15) is 18.2 Å². The van der Waals surface area contributed by atoms with Crippen molar-refractivity contribution in [3.63, 3.8) is 0 Å². The Morgan fingerprint density at radius 1 is 1.14 bits per heavy atom. The van der Waals surface area contributed by atoms with Gasteiger partial charge in [-0.05, 0) is 45.2 Å². The number of piperazine rings is 1. The van der Waals surface area contributed by atoms with Crippen molar-refractivity contribution in [3.8, 4) is 0 Å². The standard InChI is InChI=1S/C18H31N5O3.2ClH/c1-26-18(25)14-23(22-9-3-2-4-17(22)15-24)21-12-10-20(11-13-21)16-5-7-19-8-6-16;;/h16,19H,2-14H2,1H3;2*1H. The molecule has 0 radical (unpaired) electrons. The molecule has 3 aliphatic rings. The van der Waals surface area contributed by atoms with Gasteiger partial charge in [-0.2, -0.15) is 0 Å². The van der Waals surface area contributed by atoms with E-state index < -0.39 is 0 Å². The number of piperidine rings is 2. The number of carbonyl (C=O) groups is 1. The van der Waals surface area contributed by atoms with E-state index in [2.05, 4.69) is 21.2 Å². The van der Waals surface area contributed by atoms with Crippen molar-refractivity contribution in [1.29, 1.82) is 0 Å². The molecule has 3 fully saturated rings. The first-order chi connectivity index (χ1) is 12.7. The fraction of sp³-hybridized carbons (Fsp3) is 0.833. The second kappa shape index (κ2) is 12.6. The second-order valence-electron chi connectivity index (χ2n) is 7.21. The van der Waals surface area contributed by atoms with E-state index in [-0.39, 0.29) is 37.3 Å². The van der Waals surface area contributed by atoms with Crippen LogP contribution in [0.15, 0.2) is 5.70 Å². The highest BCUT2D eigenvalue weighted by molar-refractivity contribution is 5.85. The number of hydrazine groups is 2. The molecule has 8 nitrogen and oxygen atoms in total. The third-order valence-corrected chi connectivity index (χ3v) is 5.68. The molecule has 3 heterocycles. The Kier molecular flexibility index (Phi) is 11.4. The third-order valence-electron chi connectivity index (χ3n) is 5.68. The lowest BCUT2D eigenvalue weighted by molar-refractivity contribution is -0.197. The summed E-state index contributed by atoms with van der Waals surface area (Å²) in [6.45, 7) is 6.74. The number of nitrogens with zero attached hydrogens (tertiary/aromatic N) is 4. The molecule has 0 aliphatic carbocycles. The summed E-state index contributed by atoms with van der Waals surface area (Å²) in [6, 6.07) is 0.660. The van der Waals surface area contributed by atoms with Crippen molar-refractivity contribution in [2.75, 3.05) is 59.5 Å². The summed E-state index contributed by atoms with van der Waals surface area (Å²) in [5.74, 6) is 1.79. The van der Waals surface area contributed by atoms with Crippen LogP contribution in [0.25, 0.3) is 0 Å². The molecular formula is C18H33Cl2N5O3. The maximum atomic E-state index is 12.0. The van der Waals surface area contributed by atoms with Crippen LogP contribution < -0.4 is 5.32 Å². The topological polar surface area (TPSA) is 68.4 Å². The zero-order valence-electron chi connectivity index (χ0n) is 16.6. The van der Waals surface area contributed by atoms with Crippen LogP contribution in [0.3, 0.4) is 0 Å². The summed E-state index contributed by atoms with van der Waals surface area (Å²) in [7, 11) is 1.41. The number of allylic oxidation sites excluding steroid dienone is 1. The molecule has 0 saturated carbocycles. The van der Waals surface area contributed by atoms with Crippen LogP contribution in [0, 0.1) is 0 Å². The fourth-order valence-electron chi connectivity index (χ4n) is 4.17. The normalized spacial score (nSPS) is 22.2. The van der Waals surface area contributed by atoms with Crippen LogP contribution in [0.1, 0.15) is 32.1 Å². The van der Waals surface area contributed by atoms with E-state index in [1.165, 1.54) is 20.0 Å². The summed E-state index contributed by atoms with van der Waals surface area (Å²) in [5.41, 5.74) is 0.640. The molecule has 0 amide bonds. The van der Waals surface area contributed by atoms with E-state index in [4.69, 9.17) is 4.74 Å². The van der Waals surface area contributed by atoms with Crippen molar-refractivity contribution in [3.05, 3.63) is 5.70 Å². The van der Waals surface area contributed by atoms with Gasteiger partial charge in [-0.3, -0.25) is 14.7 Å². The largest absolute Gasteiger partial charge is 0.468 e. The van der Waals surface area contributed by atoms with Crippen molar-refractivity contribution in [2.24, 2.45) is 0 Å². The van der Waals surface area contributed by atoms with E-state index >= 15 is 0 Å². The summed E-state index contributed by atoms with van der Waals surface area (Å²) < 4.78 is 4.89. The molecule has 0 aromatic rings. The number of rotatable bonds is 5. The third kappa shape index (κ3) is 6.32. The Hall–Kier alpha value is -0.860. The fourth-order valence-corrected chi connectivity index (χ4v) is 4.17. The van der Waals surface area contributed by atoms with Gasteiger partial charge in [0.05, 0.1) is 7.11 Å². The average Bonchev–Trinajstić information content (AvgIpc) is 2.72. The first-order valence-corrected chi connectivity index (χ1v) is 9.78. The van der Waals surface area contributed by atoms with Crippen LogP contribution in [-0.2, 0) is 14.3 Å². The number of methoxy groups -OCH3 is 1. The number of hydrogen-bond acceptors (Lipinski definition) is 8. The maximum absolute atomic E-state index is 12.0. The monoisotopic (exact) mass is 437 g/mol. The molecule has 10 heteroatoms. The minimum Gasteiger partial charge on any atom is -0.468 e. The average molecular weight is 438 g/mol. The zero-order chi connectivity index (χ0) is 18.4. The molecule has 0 spiro atoms. The van der Waals surface area contributed by atoms with Crippen molar-refractivity contribution in [1.82, 2.24) is 25.4 Å². The molecule has 3 rings (SSSR count). The zero-order valence-corrected chi connectivity index (χ0v) is 18.2. The molecular weight excluding hydrogens is 405 g/mol. The predicted molar refractivity (Wildman–Crippen MR) is 112 cm³/mol. The summed E-state index contributed by atoms with van der Waals surface area (Å²) in [5, 5.41) is 9.47. The lowest BCUT2D eigenvalue weighted by Gasteiger charge is -2.48. The lowest BCUT2D eigenvalue weighted by Crippen LogP contribution is -2.62. The molecule has 3 saturated heterocycles. The second-order valence-corrected chi connectivity index (χ2v) is 7.21. The van der Waals surface area contributed by atoms with Gasteiger partial charge in [0, 0.05) is 38.8 Å². The molecule has 0 unspecified atom stereocenters. The van der Waals surface area contributed by atoms with Gasteiger partial charge in [0.15, 0.2) is 0 Å². The molecule has 0 aromatic heterocycles. The van der Waals surface area contributed by atoms with Gasteiger partial charge in [0.25, 0.3) is 0 Å². The highest BCUT2D eigenvalue weighted by atomic mass is 35.5.